The Balaban J connectivity index is 1.72. The van der Waals surface area contributed by atoms with Crippen LogP contribution in [0.4, 0.5) is 11.4 Å². The maximum Gasteiger partial charge on any atom is 0.155 e. The molecule has 15 heavy (non-hydrogen) atoms. The lowest BCUT2D eigenvalue weighted by Crippen LogP contribution is -2.45. The quantitative estimate of drug-likeness (QED) is 0.733. The molecule has 0 bridgehead atoms. The Morgan fingerprint density at radius 2 is 1.53 bits per heavy atom. The maximum absolute atomic E-state index is 3.52. The van der Waals surface area contributed by atoms with E-state index < -0.39 is 0 Å². The molecule has 0 aliphatic carbocycles. The summed E-state index contributed by atoms with van der Waals surface area (Å²) in [5.41, 5.74) is 2.46. The summed E-state index contributed by atoms with van der Waals surface area (Å²) in [7, 11) is 0. The number of likely N-dealkylation sites (tertiary alicyclic amines) is 1. The molecule has 0 amide bonds. The van der Waals surface area contributed by atoms with Crippen LogP contribution >= 0.6 is 0 Å². The van der Waals surface area contributed by atoms with Gasteiger partial charge >= 0.3 is 0 Å². The van der Waals surface area contributed by atoms with Crippen molar-refractivity contribution in [2.75, 3.05) is 23.7 Å². The van der Waals surface area contributed by atoms with E-state index in [1.807, 2.05) is 0 Å². The highest BCUT2D eigenvalue weighted by atomic mass is 15.4. The summed E-state index contributed by atoms with van der Waals surface area (Å²) in [6.07, 6.45) is 4.35. The van der Waals surface area contributed by atoms with E-state index in [9.17, 15) is 0 Å². The van der Waals surface area contributed by atoms with Crippen LogP contribution in [0.15, 0.2) is 24.3 Å². The average Bonchev–Trinajstić information content (AvgIpc) is 2.74. The monoisotopic (exact) mass is 203 g/mol. The Bertz CT molecular complexity index is 319. The molecule has 0 aromatic heterocycles. The summed E-state index contributed by atoms with van der Waals surface area (Å²) in [5, 5.41) is 7.04. The lowest BCUT2D eigenvalue weighted by molar-refractivity contribution is 0.198. The third-order valence-corrected chi connectivity index (χ3v) is 3.27. The molecule has 1 fully saturated rings. The maximum atomic E-state index is 3.52. The van der Waals surface area contributed by atoms with E-state index in [4.69, 9.17) is 0 Å². The van der Waals surface area contributed by atoms with Gasteiger partial charge < -0.3 is 10.6 Å². The van der Waals surface area contributed by atoms with Gasteiger partial charge in [0.2, 0.25) is 0 Å². The zero-order valence-corrected chi connectivity index (χ0v) is 8.87. The number of rotatable bonds is 1. The summed E-state index contributed by atoms with van der Waals surface area (Å²) in [5.74, 6) is 0. The lowest BCUT2D eigenvalue weighted by Gasteiger charge is -2.32. The van der Waals surface area contributed by atoms with E-state index in [0.29, 0.717) is 6.29 Å². The van der Waals surface area contributed by atoms with Gasteiger partial charge in [0.1, 0.15) is 0 Å². The van der Waals surface area contributed by atoms with Gasteiger partial charge in [-0.3, -0.25) is 4.90 Å². The van der Waals surface area contributed by atoms with Crippen molar-refractivity contribution in [1.29, 1.82) is 0 Å². The standard InChI is InChI=1S/C12H17N3/c1-4-8-15(9-5-1)12-13-10-6-2-3-7-11(10)14-12/h2-3,6-7,12-14H,1,4-5,8-9H2. The first-order valence-corrected chi connectivity index (χ1v) is 5.80. The summed E-state index contributed by atoms with van der Waals surface area (Å²) in [4.78, 5) is 2.49. The predicted molar refractivity (Wildman–Crippen MR) is 62.9 cm³/mol. The van der Waals surface area contributed by atoms with Gasteiger partial charge in [-0.25, -0.2) is 0 Å². The molecule has 0 spiro atoms. The Morgan fingerprint density at radius 1 is 0.933 bits per heavy atom. The molecule has 3 rings (SSSR count). The number of benzene rings is 1. The van der Waals surface area contributed by atoms with Crippen LogP contribution < -0.4 is 10.6 Å². The minimum Gasteiger partial charge on any atom is -0.351 e. The van der Waals surface area contributed by atoms with Gasteiger partial charge in [-0.1, -0.05) is 18.6 Å². The van der Waals surface area contributed by atoms with Crippen molar-refractivity contribution in [3.8, 4) is 0 Å². The van der Waals surface area contributed by atoms with E-state index in [2.05, 4.69) is 39.8 Å². The van der Waals surface area contributed by atoms with E-state index in [-0.39, 0.29) is 0 Å². The molecule has 80 valence electrons. The van der Waals surface area contributed by atoms with Crippen LogP contribution in [0.5, 0.6) is 0 Å². The van der Waals surface area contributed by atoms with Gasteiger partial charge in [-0.15, -0.1) is 0 Å². The van der Waals surface area contributed by atoms with E-state index in [0.717, 1.165) is 0 Å². The van der Waals surface area contributed by atoms with E-state index >= 15 is 0 Å². The zero-order valence-electron chi connectivity index (χ0n) is 8.87. The molecule has 2 aliphatic heterocycles. The van der Waals surface area contributed by atoms with Crippen LogP contribution in [0.2, 0.25) is 0 Å². The van der Waals surface area contributed by atoms with Gasteiger partial charge in [0.15, 0.2) is 6.29 Å². The van der Waals surface area contributed by atoms with Crippen molar-refractivity contribution in [1.82, 2.24) is 4.90 Å². The molecule has 2 aliphatic rings. The highest BCUT2D eigenvalue weighted by Crippen LogP contribution is 2.29. The van der Waals surface area contributed by atoms with Gasteiger partial charge in [0.05, 0.1) is 11.4 Å². The van der Waals surface area contributed by atoms with Crippen LogP contribution in [-0.4, -0.2) is 24.3 Å². The smallest absolute Gasteiger partial charge is 0.155 e. The summed E-state index contributed by atoms with van der Waals surface area (Å²) < 4.78 is 0. The molecule has 1 aromatic rings. The molecule has 1 aromatic carbocycles. The number of anilines is 2. The van der Waals surface area contributed by atoms with Crippen molar-refractivity contribution in [2.24, 2.45) is 0 Å². The number of fused-ring (bicyclic) bond motifs is 1. The highest BCUT2D eigenvalue weighted by Gasteiger charge is 2.25. The summed E-state index contributed by atoms with van der Waals surface area (Å²) >= 11 is 0. The van der Waals surface area contributed by atoms with Crippen LogP contribution in [0.3, 0.4) is 0 Å². The fraction of sp³-hybridized carbons (Fsp3) is 0.500. The van der Waals surface area contributed by atoms with Gasteiger partial charge in [-0.2, -0.15) is 0 Å². The van der Waals surface area contributed by atoms with Crippen LogP contribution in [-0.2, 0) is 0 Å². The van der Waals surface area contributed by atoms with Gasteiger partial charge in [0, 0.05) is 13.1 Å². The van der Waals surface area contributed by atoms with Crippen molar-refractivity contribution in [3.63, 3.8) is 0 Å². The van der Waals surface area contributed by atoms with E-state index in [1.165, 1.54) is 43.7 Å². The molecule has 2 N–H and O–H groups in total. The summed E-state index contributed by atoms with van der Waals surface area (Å²) in [6, 6.07) is 8.41. The summed E-state index contributed by atoms with van der Waals surface area (Å²) in [6.45, 7) is 2.41. The van der Waals surface area contributed by atoms with Crippen molar-refractivity contribution < 1.29 is 0 Å². The van der Waals surface area contributed by atoms with Crippen LogP contribution in [0, 0.1) is 0 Å². The Morgan fingerprint density at radius 3 is 2.13 bits per heavy atom. The number of para-hydroxylation sites is 2. The molecule has 0 radical (unpaired) electrons. The normalized spacial score (nSPS) is 21.9. The second-order valence-electron chi connectivity index (χ2n) is 4.33. The molecule has 2 heterocycles. The third kappa shape index (κ3) is 1.67. The van der Waals surface area contributed by atoms with Gasteiger partial charge in [0.25, 0.3) is 0 Å². The van der Waals surface area contributed by atoms with Crippen molar-refractivity contribution >= 4 is 11.4 Å². The SMILES string of the molecule is c1ccc2c(c1)NC(N1CCCCC1)N2. The molecule has 0 unspecified atom stereocenters. The highest BCUT2D eigenvalue weighted by molar-refractivity contribution is 5.73. The molecule has 3 heteroatoms. The predicted octanol–water partition coefficient (Wildman–Crippen LogP) is 2.29. The van der Waals surface area contributed by atoms with Crippen LogP contribution in [0.1, 0.15) is 19.3 Å². The molecular weight excluding hydrogens is 186 g/mol. The minimum absolute atomic E-state index is 0.308. The Kier molecular flexibility index (Phi) is 2.25. The molecular formula is C12H17N3. The molecule has 0 saturated carbocycles. The first-order chi connectivity index (χ1) is 7.43. The van der Waals surface area contributed by atoms with Crippen molar-refractivity contribution in [2.45, 2.75) is 25.6 Å². The first-order valence-electron chi connectivity index (χ1n) is 5.80. The second-order valence-corrected chi connectivity index (χ2v) is 4.33. The van der Waals surface area contributed by atoms with Crippen molar-refractivity contribution in [3.05, 3.63) is 24.3 Å². The lowest BCUT2D eigenvalue weighted by atomic mass is 10.1. The Labute approximate surface area is 90.5 Å². The fourth-order valence-electron chi connectivity index (χ4n) is 2.42. The van der Waals surface area contributed by atoms with E-state index in [1.54, 1.807) is 0 Å². The third-order valence-electron chi connectivity index (χ3n) is 3.27. The topological polar surface area (TPSA) is 27.3 Å². The molecule has 1 saturated heterocycles. The average molecular weight is 203 g/mol. The number of nitrogens with zero attached hydrogens (tertiary/aromatic N) is 1. The Hall–Kier alpha value is -1.22. The number of hydrogen-bond donors (Lipinski definition) is 2. The second kappa shape index (κ2) is 3.74. The molecule has 3 nitrogen and oxygen atoms in total. The molecule has 0 atom stereocenters. The largest absolute Gasteiger partial charge is 0.351 e. The first kappa shape index (κ1) is 9.04. The number of nitrogens with one attached hydrogen (secondary N) is 2. The number of hydrogen-bond acceptors (Lipinski definition) is 3. The van der Waals surface area contributed by atoms with Crippen LogP contribution in [0.25, 0.3) is 0 Å². The number of piperidine rings is 1. The fourth-order valence-corrected chi connectivity index (χ4v) is 2.42. The zero-order chi connectivity index (χ0) is 10.1. The minimum atomic E-state index is 0.308. The van der Waals surface area contributed by atoms with Gasteiger partial charge in [-0.05, 0) is 25.0 Å².